The van der Waals surface area contributed by atoms with Gasteiger partial charge in [0.2, 0.25) is 0 Å². The summed E-state index contributed by atoms with van der Waals surface area (Å²) >= 11 is 0. The molecule has 1 heterocycles. The summed E-state index contributed by atoms with van der Waals surface area (Å²) in [5.41, 5.74) is -0.461. The molecule has 2 rings (SSSR count). The molecule has 1 aromatic carbocycles. The highest BCUT2D eigenvalue weighted by Gasteiger charge is 2.09. The van der Waals surface area contributed by atoms with Gasteiger partial charge in [-0.05, 0) is 17.7 Å². The summed E-state index contributed by atoms with van der Waals surface area (Å²) in [5, 5.41) is 2.60. The van der Waals surface area contributed by atoms with Crippen molar-refractivity contribution in [2.45, 2.75) is 13.1 Å². The van der Waals surface area contributed by atoms with Crippen LogP contribution in [0.2, 0.25) is 0 Å². The average Bonchev–Trinajstić information content (AvgIpc) is 2.60. The van der Waals surface area contributed by atoms with Crippen molar-refractivity contribution in [1.29, 1.82) is 0 Å². The molecule has 9 nitrogen and oxygen atoms in total. The third kappa shape index (κ3) is 5.65. The lowest BCUT2D eigenvalue weighted by atomic mass is 10.2. The van der Waals surface area contributed by atoms with Gasteiger partial charge in [-0.1, -0.05) is 12.1 Å². The molecule has 9 heteroatoms. The molecule has 0 saturated carbocycles. The molecule has 0 aliphatic carbocycles. The molecule has 0 fully saturated rings. The second-order valence-corrected chi connectivity index (χ2v) is 5.03. The summed E-state index contributed by atoms with van der Waals surface area (Å²) < 4.78 is 10.9. The monoisotopic (exact) mass is 347 g/mol. The van der Waals surface area contributed by atoms with Gasteiger partial charge in [-0.15, -0.1) is 0 Å². The van der Waals surface area contributed by atoms with E-state index in [9.17, 15) is 19.2 Å². The number of nitrogens with one attached hydrogen (secondary N) is 2. The lowest BCUT2D eigenvalue weighted by Crippen LogP contribution is -2.33. The van der Waals surface area contributed by atoms with Crippen LogP contribution in [-0.4, -0.2) is 35.1 Å². The number of ether oxygens (including phenoxy) is 2. The number of hydrogen-bond acceptors (Lipinski definition) is 6. The van der Waals surface area contributed by atoms with Gasteiger partial charge in [-0.3, -0.25) is 23.9 Å². The first-order chi connectivity index (χ1) is 12.0. The second-order valence-electron chi connectivity index (χ2n) is 5.03. The van der Waals surface area contributed by atoms with E-state index < -0.39 is 36.3 Å². The van der Waals surface area contributed by atoms with Gasteiger partial charge in [0.15, 0.2) is 6.61 Å². The standard InChI is InChI=1S/C16H17N3O6/c1-24-12-4-2-3-11(7-12)8-17-14(21)10-25-15(22)9-19-6-5-13(20)18-16(19)23/h2-7H,8-10H2,1H3,(H,17,21)(H,18,20,23). The van der Waals surface area contributed by atoms with Gasteiger partial charge in [-0.25, -0.2) is 4.79 Å². The van der Waals surface area contributed by atoms with Crippen molar-refractivity contribution in [3.63, 3.8) is 0 Å². The largest absolute Gasteiger partial charge is 0.497 e. The number of carbonyl (C=O) groups excluding carboxylic acids is 2. The molecule has 0 radical (unpaired) electrons. The summed E-state index contributed by atoms with van der Waals surface area (Å²) in [4.78, 5) is 47.7. The molecule has 0 spiro atoms. The van der Waals surface area contributed by atoms with Gasteiger partial charge in [0.25, 0.3) is 11.5 Å². The van der Waals surface area contributed by atoms with Crippen molar-refractivity contribution in [1.82, 2.24) is 14.9 Å². The fourth-order valence-corrected chi connectivity index (χ4v) is 1.93. The third-order valence-electron chi connectivity index (χ3n) is 3.18. The highest BCUT2D eigenvalue weighted by Crippen LogP contribution is 2.11. The second kappa shape index (κ2) is 8.48. The Morgan fingerprint density at radius 1 is 1.24 bits per heavy atom. The third-order valence-corrected chi connectivity index (χ3v) is 3.18. The molecule has 1 aromatic heterocycles. The number of H-pyrrole nitrogens is 1. The lowest BCUT2D eigenvalue weighted by Gasteiger charge is -2.08. The molecule has 0 unspecified atom stereocenters. The number of carbonyl (C=O) groups is 2. The first kappa shape index (κ1) is 18.0. The van der Waals surface area contributed by atoms with Gasteiger partial charge >= 0.3 is 11.7 Å². The number of amides is 1. The molecule has 0 saturated heterocycles. The van der Waals surface area contributed by atoms with Crippen molar-refractivity contribution in [3.8, 4) is 5.75 Å². The minimum absolute atomic E-state index is 0.257. The minimum atomic E-state index is -0.773. The van der Waals surface area contributed by atoms with E-state index in [0.717, 1.165) is 16.2 Å². The van der Waals surface area contributed by atoms with Crippen LogP contribution >= 0.6 is 0 Å². The van der Waals surface area contributed by atoms with Crippen LogP contribution in [0.5, 0.6) is 5.75 Å². The van der Waals surface area contributed by atoms with E-state index in [4.69, 9.17) is 9.47 Å². The number of aromatic amines is 1. The smallest absolute Gasteiger partial charge is 0.328 e. The van der Waals surface area contributed by atoms with Crippen molar-refractivity contribution in [2.24, 2.45) is 0 Å². The molecule has 2 aromatic rings. The summed E-state index contributed by atoms with van der Waals surface area (Å²) in [7, 11) is 1.55. The first-order valence-corrected chi connectivity index (χ1v) is 7.33. The van der Waals surface area contributed by atoms with Crippen molar-refractivity contribution in [2.75, 3.05) is 13.7 Å². The molecule has 0 bridgehead atoms. The maximum atomic E-state index is 11.7. The average molecular weight is 347 g/mol. The zero-order chi connectivity index (χ0) is 18.2. The summed E-state index contributed by atoms with van der Waals surface area (Å²) in [6.45, 7) is -0.618. The van der Waals surface area contributed by atoms with E-state index in [2.05, 4.69) is 5.32 Å². The maximum absolute atomic E-state index is 11.7. The highest BCUT2D eigenvalue weighted by atomic mass is 16.5. The van der Waals surface area contributed by atoms with Crippen LogP contribution in [0.1, 0.15) is 5.56 Å². The number of methoxy groups -OCH3 is 1. The number of rotatable bonds is 7. The topological polar surface area (TPSA) is 119 Å². The zero-order valence-electron chi connectivity index (χ0n) is 13.5. The molecular weight excluding hydrogens is 330 g/mol. The predicted octanol–water partition coefficient (Wildman–Crippen LogP) is -0.595. The Labute approximate surface area is 142 Å². The number of nitrogens with zero attached hydrogens (tertiary/aromatic N) is 1. The number of benzene rings is 1. The Morgan fingerprint density at radius 3 is 2.76 bits per heavy atom. The quantitative estimate of drug-likeness (QED) is 0.646. The van der Waals surface area contributed by atoms with E-state index in [1.165, 1.54) is 6.20 Å². The Morgan fingerprint density at radius 2 is 2.04 bits per heavy atom. The number of esters is 1. The summed E-state index contributed by atoms with van der Waals surface area (Å²) in [6.07, 6.45) is 1.17. The molecule has 2 N–H and O–H groups in total. The van der Waals surface area contributed by atoms with Crippen LogP contribution in [0.25, 0.3) is 0 Å². The Hall–Kier alpha value is -3.36. The SMILES string of the molecule is COc1cccc(CNC(=O)COC(=O)Cn2ccc(=O)[nH]c2=O)c1. The maximum Gasteiger partial charge on any atom is 0.328 e. The Balaban J connectivity index is 1.78. The van der Waals surface area contributed by atoms with Gasteiger partial charge in [0.05, 0.1) is 7.11 Å². The van der Waals surface area contributed by atoms with Gasteiger partial charge in [-0.2, -0.15) is 0 Å². The van der Waals surface area contributed by atoms with E-state index in [-0.39, 0.29) is 6.54 Å². The summed E-state index contributed by atoms with van der Waals surface area (Å²) in [6, 6.07) is 8.27. The Bertz CT molecular complexity index is 870. The van der Waals surface area contributed by atoms with Gasteiger partial charge in [0.1, 0.15) is 12.3 Å². The van der Waals surface area contributed by atoms with Crippen LogP contribution in [0.4, 0.5) is 0 Å². The van der Waals surface area contributed by atoms with Crippen LogP contribution in [0.15, 0.2) is 46.1 Å². The van der Waals surface area contributed by atoms with E-state index >= 15 is 0 Å². The molecule has 132 valence electrons. The van der Waals surface area contributed by atoms with Gasteiger partial charge in [0, 0.05) is 18.8 Å². The summed E-state index contributed by atoms with van der Waals surface area (Å²) in [5.74, 6) is -0.583. The van der Waals surface area contributed by atoms with Crippen LogP contribution < -0.4 is 21.3 Å². The fraction of sp³-hybridized carbons (Fsp3) is 0.250. The number of hydrogen-bond donors (Lipinski definition) is 2. The molecule has 0 aliphatic rings. The number of aromatic nitrogens is 2. The molecule has 1 amide bonds. The van der Waals surface area contributed by atoms with E-state index in [0.29, 0.717) is 5.75 Å². The molecule has 25 heavy (non-hydrogen) atoms. The molecular formula is C16H17N3O6. The highest BCUT2D eigenvalue weighted by molar-refractivity contribution is 5.80. The minimum Gasteiger partial charge on any atom is -0.497 e. The molecule has 0 atom stereocenters. The van der Waals surface area contributed by atoms with E-state index in [1.807, 2.05) is 11.1 Å². The molecule has 0 aliphatic heterocycles. The zero-order valence-corrected chi connectivity index (χ0v) is 13.5. The van der Waals surface area contributed by atoms with Crippen molar-refractivity contribution in [3.05, 3.63) is 62.9 Å². The fourth-order valence-electron chi connectivity index (χ4n) is 1.93. The van der Waals surface area contributed by atoms with Crippen LogP contribution in [0.3, 0.4) is 0 Å². The Kier molecular flexibility index (Phi) is 6.10. The van der Waals surface area contributed by atoms with Gasteiger partial charge < -0.3 is 14.8 Å². The normalized spacial score (nSPS) is 10.1. The van der Waals surface area contributed by atoms with Crippen LogP contribution in [0, 0.1) is 0 Å². The first-order valence-electron chi connectivity index (χ1n) is 7.33. The van der Waals surface area contributed by atoms with Crippen LogP contribution in [-0.2, 0) is 27.4 Å². The predicted molar refractivity (Wildman–Crippen MR) is 87.1 cm³/mol. The van der Waals surface area contributed by atoms with Crippen molar-refractivity contribution >= 4 is 11.9 Å². The van der Waals surface area contributed by atoms with E-state index in [1.54, 1.807) is 25.3 Å². The lowest BCUT2D eigenvalue weighted by molar-refractivity contribution is -0.149. The van der Waals surface area contributed by atoms with Crippen molar-refractivity contribution < 1.29 is 19.1 Å².